The number of rotatable bonds is 2. The van der Waals surface area contributed by atoms with E-state index in [0.29, 0.717) is 12.5 Å². The molecular formula is C13H14N4O. The fourth-order valence-electron chi connectivity index (χ4n) is 2.12. The molecule has 18 heavy (non-hydrogen) atoms. The van der Waals surface area contributed by atoms with E-state index in [1.165, 1.54) is 0 Å². The Hall–Kier alpha value is -2.30. The average molecular weight is 242 g/mol. The molecule has 1 aromatic carbocycles. The number of aromatic nitrogens is 3. The van der Waals surface area contributed by atoms with E-state index in [-0.39, 0.29) is 0 Å². The van der Waals surface area contributed by atoms with Crippen molar-refractivity contribution in [2.75, 3.05) is 5.73 Å². The van der Waals surface area contributed by atoms with Gasteiger partial charge in [0.15, 0.2) is 5.76 Å². The molecule has 2 aromatic heterocycles. The van der Waals surface area contributed by atoms with Crippen LogP contribution in [-0.2, 0) is 6.54 Å². The number of fused-ring (bicyclic) bond motifs is 1. The van der Waals surface area contributed by atoms with Crippen molar-refractivity contribution < 1.29 is 4.52 Å². The molecule has 3 rings (SSSR count). The number of nitrogen functional groups attached to an aromatic ring is 1. The largest absolute Gasteiger partial charge is 0.369 e. The lowest BCUT2D eigenvalue weighted by molar-refractivity contribution is 0.374. The molecular weight excluding hydrogens is 228 g/mol. The first kappa shape index (κ1) is 10.8. The maximum Gasteiger partial charge on any atom is 0.201 e. The summed E-state index contributed by atoms with van der Waals surface area (Å²) in [5, 5.41) is 3.87. The maximum atomic E-state index is 5.97. The summed E-state index contributed by atoms with van der Waals surface area (Å²) in [4.78, 5) is 4.39. The zero-order chi connectivity index (χ0) is 12.7. The third-order valence-electron chi connectivity index (χ3n) is 3.00. The molecule has 0 saturated carbocycles. The SMILES string of the molecule is Cc1cc(Cn2c(N)nc3c(C)cccc32)on1. The van der Waals surface area contributed by atoms with Gasteiger partial charge in [0.25, 0.3) is 0 Å². The van der Waals surface area contributed by atoms with Gasteiger partial charge in [-0.1, -0.05) is 17.3 Å². The normalized spacial score (nSPS) is 11.2. The van der Waals surface area contributed by atoms with Gasteiger partial charge in [-0.3, -0.25) is 0 Å². The lowest BCUT2D eigenvalue weighted by Crippen LogP contribution is -2.03. The number of aryl methyl sites for hydroxylation is 2. The van der Waals surface area contributed by atoms with E-state index in [9.17, 15) is 0 Å². The van der Waals surface area contributed by atoms with Crippen molar-refractivity contribution in [2.24, 2.45) is 0 Å². The fraction of sp³-hybridized carbons (Fsp3) is 0.231. The Balaban J connectivity index is 2.11. The van der Waals surface area contributed by atoms with Crippen molar-refractivity contribution in [3.63, 3.8) is 0 Å². The topological polar surface area (TPSA) is 69.9 Å². The third-order valence-corrected chi connectivity index (χ3v) is 3.00. The zero-order valence-electron chi connectivity index (χ0n) is 10.3. The van der Waals surface area contributed by atoms with E-state index in [1.54, 1.807) is 0 Å². The number of imidazole rings is 1. The fourth-order valence-corrected chi connectivity index (χ4v) is 2.12. The smallest absolute Gasteiger partial charge is 0.201 e. The highest BCUT2D eigenvalue weighted by Crippen LogP contribution is 2.22. The Morgan fingerprint density at radius 3 is 2.89 bits per heavy atom. The van der Waals surface area contributed by atoms with E-state index in [4.69, 9.17) is 10.3 Å². The van der Waals surface area contributed by atoms with Gasteiger partial charge in [-0.05, 0) is 25.5 Å². The summed E-state index contributed by atoms with van der Waals surface area (Å²) in [5.74, 6) is 1.27. The van der Waals surface area contributed by atoms with Crippen LogP contribution in [0, 0.1) is 13.8 Å². The van der Waals surface area contributed by atoms with Crippen LogP contribution in [0.25, 0.3) is 11.0 Å². The first-order valence-electron chi connectivity index (χ1n) is 5.78. The highest BCUT2D eigenvalue weighted by molar-refractivity contribution is 5.81. The lowest BCUT2D eigenvalue weighted by atomic mass is 10.2. The number of hydrogen-bond acceptors (Lipinski definition) is 4. The van der Waals surface area contributed by atoms with Crippen LogP contribution in [0.2, 0.25) is 0 Å². The minimum Gasteiger partial charge on any atom is -0.369 e. The standard InChI is InChI=1S/C13H14N4O/c1-8-4-3-5-11-12(8)15-13(14)17(11)7-10-6-9(2)16-18-10/h3-6H,7H2,1-2H3,(H2,14,15). The molecule has 0 fully saturated rings. The van der Waals surface area contributed by atoms with E-state index in [1.807, 2.05) is 42.7 Å². The van der Waals surface area contributed by atoms with Crippen molar-refractivity contribution >= 4 is 17.0 Å². The van der Waals surface area contributed by atoms with Gasteiger partial charge >= 0.3 is 0 Å². The highest BCUT2D eigenvalue weighted by atomic mass is 16.5. The summed E-state index contributed by atoms with van der Waals surface area (Å²) in [6.07, 6.45) is 0. The predicted octanol–water partition coefficient (Wildman–Crippen LogP) is 2.27. The summed E-state index contributed by atoms with van der Waals surface area (Å²) < 4.78 is 7.15. The molecule has 2 N–H and O–H groups in total. The minimum absolute atomic E-state index is 0.494. The van der Waals surface area contributed by atoms with Crippen molar-refractivity contribution in [2.45, 2.75) is 20.4 Å². The molecule has 0 saturated heterocycles. The summed E-state index contributed by atoms with van der Waals surface area (Å²) >= 11 is 0. The summed E-state index contributed by atoms with van der Waals surface area (Å²) in [6.45, 7) is 4.47. The van der Waals surface area contributed by atoms with E-state index < -0.39 is 0 Å². The second-order valence-electron chi connectivity index (χ2n) is 4.43. The Kier molecular flexibility index (Phi) is 2.33. The predicted molar refractivity (Wildman–Crippen MR) is 69.2 cm³/mol. The third kappa shape index (κ3) is 1.64. The number of anilines is 1. The van der Waals surface area contributed by atoms with Crippen LogP contribution in [0.15, 0.2) is 28.8 Å². The van der Waals surface area contributed by atoms with Gasteiger partial charge in [-0.15, -0.1) is 0 Å². The van der Waals surface area contributed by atoms with Crippen LogP contribution in [0.5, 0.6) is 0 Å². The van der Waals surface area contributed by atoms with E-state index in [2.05, 4.69) is 10.1 Å². The summed E-state index contributed by atoms with van der Waals surface area (Å²) in [7, 11) is 0. The molecule has 0 amide bonds. The lowest BCUT2D eigenvalue weighted by Gasteiger charge is -2.03. The second kappa shape index (κ2) is 3.87. The number of benzene rings is 1. The monoisotopic (exact) mass is 242 g/mol. The summed E-state index contributed by atoms with van der Waals surface area (Å²) in [6, 6.07) is 7.94. The zero-order valence-corrected chi connectivity index (χ0v) is 10.3. The molecule has 2 heterocycles. The highest BCUT2D eigenvalue weighted by Gasteiger charge is 2.11. The second-order valence-corrected chi connectivity index (χ2v) is 4.43. The van der Waals surface area contributed by atoms with Crippen LogP contribution in [0.1, 0.15) is 17.0 Å². The van der Waals surface area contributed by atoms with Gasteiger partial charge in [-0.2, -0.15) is 0 Å². The maximum absolute atomic E-state index is 5.97. The Morgan fingerprint density at radius 2 is 2.17 bits per heavy atom. The molecule has 5 nitrogen and oxygen atoms in total. The van der Waals surface area contributed by atoms with E-state index in [0.717, 1.165) is 28.1 Å². The van der Waals surface area contributed by atoms with Gasteiger partial charge in [0.05, 0.1) is 23.3 Å². The Morgan fingerprint density at radius 1 is 1.33 bits per heavy atom. The Labute approximate surface area is 104 Å². The van der Waals surface area contributed by atoms with Gasteiger partial charge in [-0.25, -0.2) is 4.98 Å². The number of nitrogens with two attached hydrogens (primary N) is 1. The number of para-hydroxylation sites is 1. The van der Waals surface area contributed by atoms with Crippen LogP contribution in [0.3, 0.4) is 0 Å². The molecule has 0 spiro atoms. The van der Waals surface area contributed by atoms with Crippen molar-refractivity contribution in [1.29, 1.82) is 0 Å². The molecule has 5 heteroatoms. The van der Waals surface area contributed by atoms with Crippen molar-refractivity contribution in [3.8, 4) is 0 Å². The van der Waals surface area contributed by atoms with E-state index >= 15 is 0 Å². The van der Waals surface area contributed by atoms with Crippen LogP contribution >= 0.6 is 0 Å². The molecule has 0 aliphatic heterocycles. The first-order chi connectivity index (χ1) is 8.65. The molecule has 0 atom stereocenters. The van der Waals surface area contributed by atoms with Gasteiger partial charge < -0.3 is 14.8 Å². The molecule has 0 bridgehead atoms. The molecule has 0 aliphatic carbocycles. The van der Waals surface area contributed by atoms with Crippen LogP contribution in [-0.4, -0.2) is 14.7 Å². The molecule has 0 aliphatic rings. The van der Waals surface area contributed by atoms with Gasteiger partial charge in [0, 0.05) is 6.07 Å². The molecule has 0 radical (unpaired) electrons. The van der Waals surface area contributed by atoms with Crippen LogP contribution < -0.4 is 5.73 Å². The first-order valence-corrected chi connectivity index (χ1v) is 5.78. The van der Waals surface area contributed by atoms with Crippen LogP contribution in [0.4, 0.5) is 5.95 Å². The molecule has 92 valence electrons. The number of nitrogens with zero attached hydrogens (tertiary/aromatic N) is 3. The quantitative estimate of drug-likeness (QED) is 0.748. The average Bonchev–Trinajstić information content (AvgIpc) is 2.87. The van der Waals surface area contributed by atoms with Gasteiger partial charge in [0.2, 0.25) is 5.95 Å². The minimum atomic E-state index is 0.494. The number of hydrogen-bond donors (Lipinski definition) is 1. The van der Waals surface area contributed by atoms with Crippen molar-refractivity contribution in [1.82, 2.24) is 14.7 Å². The molecule has 0 unspecified atom stereocenters. The summed E-state index contributed by atoms with van der Waals surface area (Å²) in [5.41, 5.74) is 9.90. The van der Waals surface area contributed by atoms with Gasteiger partial charge in [0.1, 0.15) is 0 Å². The van der Waals surface area contributed by atoms with Crippen molar-refractivity contribution in [3.05, 3.63) is 41.3 Å². The molecule has 3 aromatic rings. The Bertz CT molecular complexity index is 711.